The number of aryl methyl sites for hydroxylation is 2. The molecule has 86 valence electrons. The largest absolute Gasteiger partial charge is 0.0667 e. The topological polar surface area (TPSA) is 0 Å². The van der Waals surface area contributed by atoms with Gasteiger partial charge in [0.1, 0.15) is 0 Å². The van der Waals surface area contributed by atoms with Crippen molar-refractivity contribution < 1.29 is 0 Å². The van der Waals surface area contributed by atoms with Crippen LogP contribution in [-0.4, -0.2) is 0 Å². The van der Waals surface area contributed by atoms with Gasteiger partial charge in [0.25, 0.3) is 0 Å². The lowest BCUT2D eigenvalue weighted by Gasteiger charge is -2.21. The summed E-state index contributed by atoms with van der Waals surface area (Å²) in [7, 11) is 0. The first-order valence-electron chi connectivity index (χ1n) is 6.51. The molecule has 0 saturated carbocycles. The Kier molecular flexibility index (Phi) is 3.48. The zero-order valence-electron chi connectivity index (χ0n) is 10.8. The van der Waals surface area contributed by atoms with Gasteiger partial charge in [-0.1, -0.05) is 36.3 Å². The fourth-order valence-electron chi connectivity index (χ4n) is 2.74. The van der Waals surface area contributed by atoms with Gasteiger partial charge >= 0.3 is 0 Å². The number of rotatable bonds is 2. The molecule has 0 spiro atoms. The van der Waals surface area contributed by atoms with Crippen molar-refractivity contribution in [3.63, 3.8) is 0 Å². The highest BCUT2D eigenvalue weighted by atomic mass is 14.2. The summed E-state index contributed by atoms with van der Waals surface area (Å²) in [6.45, 7) is 6.73. The van der Waals surface area contributed by atoms with E-state index in [1.807, 2.05) is 0 Å². The van der Waals surface area contributed by atoms with E-state index in [1.165, 1.54) is 48.8 Å². The van der Waals surface area contributed by atoms with E-state index in [0.29, 0.717) is 0 Å². The lowest BCUT2D eigenvalue weighted by molar-refractivity contribution is 0.696. The molecule has 2 rings (SSSR count). The second-order valence-electron chi connectivity index (χ2n) is 4.96. The fraction of sp³-hybridized carbons (Fsp3) is 0.500. The normalized spacial score (nSPS) is 16.7. The third-order valence-corrected chi connectivity index (χ3v) is 3.73. The molecule has 0 saturated heterocycles. The molecule has 0 amide bonds. The summed E-state index contributed by atoms with van der Waals surface area (Å²) in [5.41, 5.74) is 7.68. The van der Waals surface area contributed by atoms with Gasteiger partial charge in [0, 0.05) is 0 Å². The van der Waals surface area contributed by atoms with E-state index in [2.05, 4.69) is 39.0 Å². The van der Waals surface area contributed by atoms with Crippen molar-refractivity contribution in [2.24, 2.45) is 0 Å². The molecule has 1 aliphatic rings. The van der Waals surface area contributed by atoms with Crippen LogP contribution in [0.25, 0.3) is 5.57 Å². The van der Waals surface area contributed by atoms with Gasteiger partial charge in [-0.25, -0.2) is 0 Å². The lowest BCUT2D eigenvalue weighted by Crippen LogP contribution is -2.01. The van der Waals surface area contributed by atoms with Crippen molar-refractivity contribution in [1.29, 1.82) is 0 Å². The highest BCUT2D eigenvalue weighted by Gasteiger charge is 2.14. The first-order valence-corrected chi connectivity index (χ1v) is 6.51. The minimum absolute atomic E-state index is 1.22. The van der Waals surface area contributed by atoms with Gasteiger partial charge in [0.2, 0.25) is 0 Å². The quantitative estimate of drug-likeness (QED) is 0.647. The third-order valence-electron chi connectivity index (χ3n) is 3.73. The molecule has 1 aliphatic carbocycles. The summed E-state index contributed by atoms with van der Waals surface area (Å²) >= 11 is 0. The molecule has 0 fully saturated rings. The van der Waals surface area contributed by atoms with Crippen LogP contribution in [0.3, 0.4) is 0 Å². The maximum Gasteiger partial charge on any atom is -0.0193 e. The average Bonchev–Trinajstić information content (AvgIpc) is 2.32. The van der Waals surface area contributed by atoms with E-state index in [4.69, 9.17) is 0 Å². The van der Waals surface area contributed by atoms with Crippen LogP contribution in [0.15, 0.2) is 23.8 Å². The van der Waals surface area contributed by atoms with Crippen LogP contribution < -0.4 is 0 Å². The Balaban J connectivity index is 2.49. The second-order valence-corrected chi connectivity index (χ2v) is 4.96. The predicted octanol–water partition coefficient (Wildman–Crippen LogP) is 5.04. The fourth-order valence-corrected chi connectivity index (χ4v) is 2.74. The summed E-state index contributed by atoms with van der Waals surface area (Å²) in [6.07, 6.45) is 6.58. The molecule has 1 aromatic rings. The molecule has 0 unspecified atom stereocenters. The molecule has 0 atom stereocenters. The molecule has 0 radical (unpaired) electrons. The van der Waals surface area contributed by atoms with Crippen LogP contribution in [0.4, 0.5) is 0 Å². The standard InChI is InChI=1S/C16H22/c1-4-14-7-5-6-8-15(14)16-11-12(2)9-10-13(16)3/h9-11H,4-8H2,1-3H3. The van der Waals surface area contributed by atoms with E-state index in [1.54, 1.807) is 11.1 Å². The molecular weight excluding hydrogens is 192 g/mol. The van der Waals surface area contributed by atoms with Crippen molar-refractivity contribution in [1.82, 2.24) is 0 Å². The van der Waals surface area contributed by atoms with E-state index in [-0.39, 0.29) is 0 Å². The second kappa shape index (κ2) is 4.86. The Hall–Kier alpha value is -1.04. The maximum absolute atomic E-state index is 2.37. The van der Waals surface area contributed by atoms with Crippen molar-refractivity contribution >= 4 is 5.57 Å². The number of hydrogen-bond donors (Lipinski definition) is 0. The SMILES string of the molecule is CCC1=C(c2cc(C)ccc2C)CCCC1. The van der Waals surface area contributed by atoms with Crippen LogP contribution in [0.5, 0.6) is 0 Å². The smallest absolute Gasteiger partial charge is 0.0193 e. The zero-order valence-corrected chi connectivity index (χ0v) is 10.8. The summed E-state index contributed by atoms with van der Waals surface area (Å²) in [5, 5.41) is 0. The predicted molar refractivity (Wildman–Crippen MR) is 71.6 cm³/mol. The number of benzene rings is 1. The van der Waals surface area contributed by atoms with Crippen LogP contribution in [0.2, 0.25) is 0 Å². The van der Waals surface area contributed by atoms with Gasteiger partial charge in [-0.15, -0.1) is 0 Å². The molecular formula is C16H22. The Morgan fingerprint density at radius 2 is 1.81 bits per heavy atom. The minimum atomic E-state index is 1.22. The molecule has 0 heteroatoms. The molecule has 0 aliphatic heterocycles. The highest BCUT2D eigenvalue weighted by Crippen LogP contribution is 2.35. The summed E-state index contributed by atoms with van der Waals surface area (Å²) in [6, 6.07) is 6.85. The molecule has 0 aromatic heterocycles. The van der Waals surface area contributed by atoms with Crippen molar-refractivity contribution in [3.8, 4) is 0 Å². The zero-order chi connectivity index (χ0) is 11.5. The maximum atomic E-state index is 2.37. The Labute approximate surface area is 99.4 Å². The van der Waals surface area contributed by atoms with Gasteiger partial charge in [-0.3, -0.25) is 0 Å². The Morgan fingerprint density at radius 3 is 2.56 bits per heavy atom. The monoisotopic (exact) mass is 214 g/mol. The van der Waals surface area contributed by atoms with E-state index in [0.717, 1.165) is 0 Å². The van der Waals surface area contributed by atoms with Crippen LogP contribution in [0, 0.1) is 13.8 Å². The van der Waals surface area contributed by atoms with E-state index >= 15 is 0 Å². The first-order chi connectivity index (χ1) is 7.72. The van der Waals surface area contributed by atoms with Gasteiger partial charge in [-0.2, -0.15) is 0 Å². The van der Waals surface area contributed by atoms with Crippen molar-refractivity contribution in [3.05, 3.63) is 40.5 Å². The van der Waals surface area contributed by atoms with Gasteiger partial charge in [0.15, 0.2) is 0 Å². The van der Waals surface area contributed by atoms with Gasteiger partial charge in [-0.05, 0) is 62.7 Å². The summed E-state index contributed by atoms with van der Waals surface area (Å²) in [5.74, 6) is 0. The van der Waals surface area contributed by atoms with Crippen molar-refractivity contribution in [2.75, 3.05) is 0 Å². The van der Waals surface area contributed by atoms with Crippen LogP contribution in [-0.2, 0) is 0 Å². The summed E-state index contributed by atoms with van der Waals surface area (Å²) in [4.78, 5) is 0. The van der Waals surface area contributed by atoms with E-state index in [9.17, 15) is 0 Å². The molecule has 0 N–H and O–H groups in total. The number of allylic oxidation sites excluding steroid dienone is 2. The molecule has 0 heterocycles. The molecule has 1 aromatic carbocycles. The van der Waals surface area contributed by atoms with Crippen LogP contribution >= 0.6 is 0 Å². The minimum Gasteiger partial charge on any atom is -0.0667 e. The molecule has 16 heavy (non-hydrogen) atoms. The van der Waals surface area contributed by atoms with E-state index < -0.39 is 0 Å². The third kappa shape index (κ3) is 2.21. The average molecular weight is 214 g/mol. The summed E-state index contributed by atoms with van der Waals surface area (Å²) < 4.78 is 0. The molecule has 0 bridgehead atoms. The Morgan fingerprint density at radius 1 is 1.06 bits per heavy atom. The van der Waals surface area contributed by atoms with Gasteiger partial charge in [0.05, 0.1) is 0 Å². The highest BCUT2D eigenvalue weighted by molar-refractivity contribution is 5.72. The lowest BCUT2D eigenvalue weighted by atomic mass is 9.84. The first kappa shape index (κ1) is 11.4. The van der Waals surface area contributed by atoms with Crippen molar-refractivity contribution in [2.45, 2.75) is 52.9 Å². The molecule has 0 nitrogen and oxygen atoms in total. The van der Waals surface area contributed by atoms with Crippen LogP contribution in [0.1, 0.15) is 55.7 Å². The number of hydrogen-bond acceptors (Lipinski definition) is 0. The van der Waals surface area contributed by atoms with Gasteiger partial charge < -0.3 is 0 Å². The Bertz CT molecular complexity index is 410.